The van der Waals surface area contributed by atoms with Crippen molar-refractivity contribution in [3.63, 3.8) is 0 Å². The summed E-state index contributed by atoms with van der Waals surface area (Å²) in [6.45, 7) is 0. The van der Waals surface area contributed by atoms with E-state index >= 15 is 0 Å². The lowest BCUT2D eigenvalue weighted by Gasteiger charge is -2.33. The Morgan fingerprint density at radius 2 is 1.74 bits per heavy atom. The van der Waals surface area contributed by atoms with E-state index in [1.165, 1.54) is 16.7 Å². The zero-order valence-corrected chi connectivity index (χ0v) is 15.0. The van der Waals surface area contributed by atoms with Crippen LogP contribution in [-0.2, 0) is 4.79 Å². The molecule has 2 aliphatic heterocycles. The Labute approximate surface area is 160 Å². The largest absolute Gasteiger partial charge is 0.329 e. The van der Waals surface area contributed by atoms with Gasteiger partial charge in [0.25, 0.3) is 5.91 Å². The summed E-state index contributed by atoms with van der Waals surface area (Å²) in [4.78, 5) is 32.4. The molecule has 1 fully saturated rings. The second-order valence-corrected chi connectivity index (χ2v) is 7.65. The Hall–Kier alpha value is -3.12. The molecular formula is C21H15N3O2S. The summed E-state index contributed by atoms with van der Waals surface area (Å²) in [5.41, 5.74) is 1.57. The lowest BCUT2D eigenvalue weighted by Crippen LogP contribution is -2.60. The van der Waals surface area contributed by atoms with Crippen molar-refractivity contribution in [3.05, 3.63) is 78.6 Å². The van der Waals surface area contributed by atoms with E-state index < -0.39 is 6.03 Å². The van der Waals surface area contributed by atoms with Crippen molar-refractivity contribution in [2.24, 2.45) is 0 Å². The lowest BCUT2D eigenvalue weighted by molar-refractivity contribution is -0.118. The van der Waals surface area contributed by atoms with Gasteiger partial charge in [-0.3, -0.25) is 9.78 Å². The molecule has 132 valence electrons. The van der Waals surface area contributed by atoms with Gasteiger partial charge in [0.1, 0.15) is 5.25 Å². The van der Waals surface area contributed by atoms with Gasteiger partial charge in [-0.2, -0.15) is 0 Å². The number of carbonyl (C=O) groups excluding carboxylic acids is 2. The van der Waals surface area contributed by atoms with Crippen molar-refractivity contribution in [1.82, 2.24) is 10.3 Å². The average Bonchev–Trinajstić information content (AvgIpc) is 3.13. The van der Waals surface area contributed by atoms with Gasteiger partial charge < -0.3 is 5.32 Å². The third kappa shape index (κ3) is 2.61. The van der Waals surface area contributed by atoms with E-state index in [-0.39, 0.29) is 17.2 Å². The quantitative estimate of drug-likeness (QED) is 0.742. The first-order chi connectivity index (χ1) is 13.2. The normalized spacial score (nSPS) is 21.8. The first-order valence-corrected chi connectivity index (χ1v) is 9.51. The van der Waals surface area contributed by atoms with Gasteiger partial charge >= 0.3 is 6.03 Å². The first-order valence-electron chi connectivity index (χ1n) is 8.63. The number of rotatable bonds is 2. The van der Waals surface area contributed by atoms with Gasteiger partial charge in [-0.25, -0.2) is 9.69 Å². The number of fused-ring (bicyclic) bond motifs is 2. The van der Waals surface area contributed by atoms with Crippen molar-refractivity contribution >= 4 is 45.1 Å². The Kier molecular flexibility index (Phi) is 3.72. The highest BCUT2D eigenvalue weighted by atomic mass is 32.2. The lowest BCUT2D eigenvalue weighted by atomic mass is 10.1. The van der Waals surface area contributed by atoms with Crippen molar-refractivity contribution in [3.8, 4) is 0 Å². The predicted molar refractivity (Wildman–Crippen MR) is 107 cm³/mol. The van der Waals surface area contributed by atoms with Crippen LogP contribution in [-0.4, -0.2) is 28.2 Å². The van der Waals surface area contributed by atoms with Crippen LogP contribution in [0.1, 0.15) is 5.56 Å². The van der Waals surface area contributed by atoms with Crippen molar-refractivity contribution < 1.29 is 9.59 Å². The number of hydrogen-bond donors (Lipinski definition) is 1. The number of nitrogens with one attached hydrogen (secondary N) is 1. The smallest absolute Gasteiger partial charge is 0.329 e. The van der Waals surface area contributed by atoms with Crippen LogP contribution in [0.4, 0.5) is 10.5 Å². The van der Waals surface area contributed by atoms with Crippen LogP contribution in [0.15, 0.2) is 73.1 Å². The number of anilines is 1. The second kappa shape index (κ2) is 6.25. The maximum absolute atomic E-state index is 13.2. The van der Waals surface area contributed by atoms with E-state index in [2.05, 4.69) is 10.3 Å². The molecular weight excluding hydrogens is 358 g/mol. The molecule has 2 unspecified atom stereocenters. The summed E-state index contributed by atoms with van der Waals surface area (Å²) < 4.78 is 0. The predicted octanol–water partition coefficient (Wildman–Crippen LogP) is 3.82. The number of aromatic nitrogens is 1. The third-order valence-corrected chi connectivity index (χ3v) is 6.19. The molecule has 5 nitrogen and oxygen atoms in total. The molecule has 0 saturated carbocycles. The summed E-state index contributed by atoms with van der Waals surface area (Å²) >= 11 is 1.50. The number of benzene rings is 2. The van der Waals surface area contributed by atoms with E-state index in [0.717, 1.165) is 21.2 Å². The topological polar surface area (TPSA) is 62.3 Å². The summed E-state index contributed by atoms with van der Waals surface area (Å²) in [5, 5.41) is 4.30. The van der Waals surface area contributed by atoms with Gasteiger partial charge in [0.15, 0.2) is 0 Å². The second-order valence-electron chi connectivity index (χ2n) is 6.46. The minimum absolute atomic E-state index is 0.214. The van der Waals surface area contributed by atoms with Gasteiger partial charge in [-0.15, -0.1) is 11.8 Å². The van der Waals surface area contributed by atoms with Crippen LogP contribution < -0.4 is 10.2 Å². The SMILES string of the molecule is O=C1NC2C=C(c3ccccc3)SC2C(=O)N1c1cncc2ccccc12. The monoisotopic (exact) mass is 373 g/mol. The molecule has 3 aromatic rings. The standard InChI is InChI=1S/C21H15N3O2S/c25-20-19-16(10-18(27-19)13-6-2-1-3-7-13)23-21(26)24(20)17-12-22-11-14-8-4-5-9-15(14)17/h1-12,16,19H,(H,23,26). The van der Waals surface area contributed by atoms with Gasteiger partial charge in [0.05, 0.1) is 17.9 Å². The molecule has 2 aliphatic rings. The van der Waals surface area contributed by atoms with E-state index in [4.69, 9.17) is 0 Å². The third-order valence-electron chi connectivity index (χ3n) is 4.81. The number of pyridine rings is 1. The van der Waals surface area contributed by atoms with Crippen LogP contribution in [0.2, 0.25) is 0 Å². The van der Waals surface area contributed by atoms with Gasteiger partial charge in [0, 0.05) is 21.9 Å². The van der Waals surface area contributed by atoms with Crippen molar-refractivity contribution in [1.29, 1.82) is 0 Å². The molecule has 1 N–H and O–H groups in total. The minimum Gasteiger partial charge on any atom is -0.329 e. The molecule has 2 aromatic carbocycles. The van der Waals surface area contributed by atoms with Gasteiger partial charge in [-0.1, -0.05) is 54.6 Å². The van der Waals surface area contributed by atoms with Crippen molar-refractivity contribution in [2.75, 3.05) is 4.90 Å². The molecule has 2 atom stereocenters. The Bertz CT molecular complexity index is 1090. The number of amides is 3. The van der Waals surface area contributed by atoms with Crippen LogP contribution in [0.5, 0.6) is 0 Å². The highest BCUT2D eigenvalue weighted by Crippen LogP contribution is 2.42. The minimum atomic E-state index is -0.412. The molecule has 1 aromatic heterocycles. The van der Waals surface area contributed by atoms with E-state index in [9.17, 15) is 9.59 Å². The number of carbonyl (C=O) groups is 2. The fourth-order valence-corrected chi connectivity index (χ4v) is 4.80. The molecule has 1 saturated heterocycles. The first kappa shape index (κ1) is 16.1. The molecule has 6 heteroatoms. The van der Waals surface area contributed by atoms with Crippen LogP contribution >= 0.6 is 11.8 Å². The fraction of sp³-hybridized carbons (Fsp3) is 0.0952. The average molecular weight is 373 g/mol. The Morgan fingerprint density at radius 3 is 2.59 bits per heavy atom. The molecule has 3 heterocycles. The molecule has 0 spiro atoms. The number of nitrogens with zero attached hydrogens (tertiary/aromatic N) is 2. The van der Waals surface area contributed by atoms with Crippen molar-refractivity contribution in [2.45, 2.75) is 11.3 Å². The van der Waals surface area contributed by atoms with Gasteiger partial charge in [0.2, 0.25) is 0 Å². The number of hydrogen-bond acceptors (Lipinski definition) is 4. The molecule has 0 aliphatic carbocycles. The highest BCUT2D eigenvalue weighted by molar-refractivity contribution is 8.09. The zero-order chi connectivity index (χ0) is 18.4. The number of imide groups is 1. The Morgan fingerprint density at radius 1 is 0.963 bits per heavy atom. The molecule has 5 rings (SSSR count). The summed E-state index contributed by atoms with van der Waals surface area (Å²) in [5.74, 6) is -0.214. The summed E-state index contributed by atoms with van der Waals surface area (Å²) in [7, 11) is 0. The molecule has 27 heavy (non-hydrogen) atoms. The zero-order valence-electron chi connectivity index (χ0n) is 14.2. The number of urea groups is 1. The van der Waals surface area contributed by atoms with E-state index in [1.807, 2.05) is 60.7 Å². The number of thioether (sulfide) groups is 1. The maximum Gasteiger partial charge on any atom is 0.329 e. The van der Waals surface area contributed by atoms with E-state index in [1.54, 1.807) is 12.4 Å². The van der Waals surface area contributed by atoms with E-state index in [0.29, 0.717) is 5.69 Å². The highest BCUT2D eigenvalue weighted by Gasteiger charge is 2.45. The molecule has 0 radical (unpaired) electrons. The fourth-order valence-electron chi connectivity index (χ4n) is 3.53. The van der Waals surface area contributed by atoms with Crippen LogP contribution in [0.3, 0.4) is 0 Å². The summed E-state index contributed by atoms with van der Waals surface area (Å²) in [6, 6.07) is 16.8. The summed E-state index contributed by atoms with van der Waals surface area (Å²) in [6.07, 6.45) is 5.28. The molecule has 0 bridgehead atoms. The van der Waals surface area contributed by atoms with Crippen LogP contribution in [0.25, 0.3) is 15.7 Å². The van der Waals surface area contributed by atoms with Gasteiger partial charge in [-0.05, 0) is 11.6 Å². The van der Waals surface area contributed by atoms with Crippen LogP contribution in [0, 0.1) is 0 Å². The Balaban J connectivity index is 1.52. The maximum atomic E-state index is 13.2. The molecule has 3 amide bonds.